The highest BCUT2D eigenvalue weighted by molar-refractivity contribution is 5.34. The van der Waals surface area contributed by atoms with E-state index in [0.717, 1.165) is 0 Å². The number of nitrogens with zero attached hydrogens (tertiary/aromatic N) is 2. The first kappa shape index (κ1) is 10.4. The average Bonchev–Trinajstić information content (AvgIpc) is 2.01. The molecule has 0 radical (unpaired) electrons. The number of hydrogen-bond donors (Lipinski definition) is 0. The van der Waals surface area contributed by atoms with Gasteiger partial charge in [-0.1, -0.05) is 0 Å². The number of halogens is 4. The van der Waals surface area contributed by atoms with Crippen LogP contribution in [0.4, 0.5) is 23.4 Å². The van der Waals surface area contributed by atoms with Gasteiger partial charge in [-0.25, -0.2) is 4.39 Å². The molecule has 1 rings (SSSR count). The van der Waals surface area contributed by atoms with Gasteiger partial charge < -0.3 is 10.1 Å². The van der Waals surface area contributed by atoms with Crippen molar-refractivity contribution < 1.29 is 22.5 Å². The molecule has 0 fully saturated rings. The smallest absolute Gasteiger partial charge is 0.358 e. The second kappa shape index (κ2) is 3.20. The molecule has 1 aromatic rings. The number of nitro groups is 1. The fourth-order valence-corrected chi connectivity index (χ4v) is 0.786. The van der Waals surface area contributed by atoms with Crippen molar-refractivity contribution >= 4 is 5.82 Å². The lowest BCUT2D eigenvalue weighted by atomic mass is 10.2. The molecule has 0 atom stereocenters. The molecule has 0 spiro atoms. The Balaban J connectivity index is 3.38. The van der Waals surface area contributed by atoms with Gasteiger partial charge in [0.2, 0.25) is 0 Å². The number of aromatic nitrogens is 1. The van der Waals surface area contributed by atoms with Gasteiger partial charge in [0.25, 0.3) is 0 Å². The third-order valence-electron chi connectivity index (χ3n) is 1.31. The van der Waals surface area contributed by atoms with E-state index in [1.807, 2.05) is 0 Å². The third-order valence-corrected chi connectivity index (χ3v) is 1.31. The van der Waals surface area contributed by atoms with Crippen LogP contribution < -0.4 is 0 Å². The van der Waals surface area contributed by atoms with E-state index in [0.29, 0.717) is 6.20 Å². The van der Waals surface area contributed by atoms with Crippen LogP contribution in [-0.4, -0.2) is 9.91 Å². The molecule has 0 saturated heterocycles. The van der Waals surface area contributed by atoms with E-state index >= 15 is 0 Å². The topological polar surface area (TPSA) is 56.0 Å². The second-order valence-electron chi connectivity index (χ2n) is 2.28. The van der Waals surface area contributed by atoms with Crippen molar-refractivity contribution in [2.75, 3.05) is 0 Å². The predicted molar refractivity (Wildman–Crippen MR) is 35.9 cm³/mol. The molecular weight excluding hydrogens is 208 g/mol. The van der Waals surface area contributed by atoms with Crippen molar-refractivity contribution in [2.45, 2.75) is 6.18 Å². The van der Waals surface area contributed by atoms with Crippen LogP contribution in [0, 0.1) is 15.9 Å². The Bertz CT molecular complexity index is 377. The fourth-order valence-electron chi connectivity index (χ4n) is 0.786. The second-order valence-corrected chi connectivity index (χ2v) is 2.28. The van der Waals surface area contributed by atoms with Gasteiger partial charge in [0.05, 0.1) is 0 Å². The Morgan fingerprint density at radius 1 is 1.43 bits per heavy atom. The summed E-state index contributed by atoms with van der Waals surface area (Å²) >= 11 is 0. The van der Waals surface area contributed by atoms with Crippen LogP contribution in [0.1, 0.15) is 5.56 Å². The molecule has 0 saturated carbocycles. The number of alkyl halides is 3. The van der Waals surface area contributed by atoms with E-state index in [1.54, 1.807) is 0 Å². The van der Waals surface area contributed by atoms with Crippen molar-refractivity contribution in [1.29, 1.82) is 0 Å². The SMILES string of the molecule is O=[N+]([O-])c1ncc(F)cc1C(F)(F)F. The van der Waals surface area contributed by atoms with E-state index < -0.39 is 28.3 Å². The van der Waals surface area contributed by atoms with Gasteiger partial charge in [-0.3, -0.25) is 0 Å². The number of hydrogen-bond acceptors (Lipinski definition) is 3. The molecule has 1 heterocycles. The van der Waals surface area contributed by atoms with Crippen LogP contribution in [-0.2, 0) is 6.18 Å². The number of pyridine rings is 1. The Morgan fingerprint density at radius 3 is 2.43 bits per heavy atom. The van der Waals surface area contributed by atoms with Gasteiger partial charge in [0.15, 0.2) is 17.6 Å². The van der Waals surface area contributed by atoms with E-state index in [1.165, 1.54) is 0 Å². The zero-order valence-electron chi connectivity index (χ0n) is 6.38. The molecule has 76 valence electrons. The largest absolute Gasteiger partial charge is 0.424 e. The molecule has 0 N–H and O–H groups in total. The zero-order valence-corrected chi connectivity index (χ0v) is 6.38. The molecule has 0 bridgehead atoms. The monoisotopic (exact) mass is 210 g/mol. The molecule has 0 unspecified atom stereocenters. The Hall–Kier alpha value is -1.73. The predicted octanol–water partition coefficient (Wildman–Crippen LogP) is 2.15. The third kappa shape index (κ3) is 1.95. The van der Waals surface area contributed by atoms with Crippen molar-refractivity contribution in [1.82, 2.24) is 4.98 Å². The Labute approximate surface area is 74.3 Å². The molecular formula is C6H2F4N2O2. The van der Waals surface area contributed by atoms with Crippen LogP contribution in [0.2, 0.25) is 0 Å². The van der Waals surface area contributed by atoms with Gasteiger partial charge in [-0.2, -0.15) is 13.2 Å². The minimum absolute atomic E-state index is 0.0329. The van der Waals surface area contributed by atoms with E-state index in [-0.39, 0.29) is 6.07 Å². The summed E-state index contributed by atoms with van der Waals surface area (Å²) < 4.78 is 48.6. The zero-order chi connectivity index (χ0) is 10.9. The lowest BCUT2D eigenvalue weighted by molar-refractivity contribution is -0.392. The molecule has 4 nitrogen and oxygen atoms in total. The quantitative estimate of drug-likeness (QED) is 0.405. The average molecular weight is 210 g/mol. The van der Waals surface area contributed by atoms with Crippen molar-refractivity contribution in [3.8, 4) is 0 Å². The summed E-state index contributed by atoms with van der Waals surface area (Å²) in [6, 6.07) is 0.0329. The first-order chi connectivity index (χ1) is 6.32. The van der Waals surface area contributed by atoms with Gasteiger partial charge in [0.1, 0.15) is 0 Å². The van der Waals surface area contributed by atoms with Crippen molar-refractivity contribution in [2.24, 2.45) is 0 Å². The van der Waals surface area contributed by atoms with E-state index in [4.69, 9.17) is 0 Å². The molecule has 0 aliphatic heterocycles. The molecule has 0 aliphatic carbocycles. The summed E-state index contributed by atoms with van der Waals surface area (Å²) in [6.07, 6.45) is -4.63. The first-order valence-electron chi connectivity index (χ1n) is 3.19. The molecule has 0 aliphatic rings. The van der Waals surface area contributed by atoms with Gasteiger partial charge in [0, 0.05) is 0 Å². The van der Waals surface area contributed by atoms with Crippen LogP contribution in [0.15, 0.2) is 12.3 Å². The van der Waals surface area contributed by atoms with Crippen molar-refractivity contribution in [3.05, 3.63) is 33.8 Å². The van der Waals surface area contributed by atoms with Gasteiger partial charge in [-0.15, -0.1) is 0 Å². The van der Waals surface area contributed by atoms with Crippen LogP contribution >= 0.6 is 0 Å². The van der Waals surface area contributed by atoms with Crippen LogP contribution in [0.3, 0.4) is 0 Å². The normalized spacial score (nSPS) is 11.4. The summed E-state index contributed by atoms with van der Waals surface area (Å²) in [5.41, 5.74) is -1.69. The van der Waals surface area contributed by atoms with Gasteiger partial charge >= 0.3 is 12.0 Å². The van der Waals surface area contributed by atoms with E-state index in [9.17, 15) is 27.7 Å². The van der Waals surface area contributed by atoms with Crippen molar-refractivity contribution in [3.63, 3.8) is 0 Å². The lowest BCUT2D eigenvalue weighted by Gasteiger charge is -2.05. The highest BCUT2D eigenvalue weighted by Gasteiger charge is 2.39. The number of rotatable bonds is 1. The standard InChI is InChI=1S/C6H2F4N2O2/c7-3-1-4(6(8,9)10)5(11-2-3)12(13)14/h1-2H. The minimum Gasteiger partial charge on any atom is -0.358 e. The Kier molecular flexibility index (Phi) is 2.37. The summed E-state index contributed by atoms with van der Waals surface area (Å²) in [4.78, 5) is 11.5. The van der Waals surface area contributed by atoms with Gasteiger partial charge in [-0.05, 0) is 16.0 Å². The summed E-state index contributed by atoms with van der Waals surface area (Å²) in [5, 5.41) is 10.1. The Morgan fingerprint density at radius 2 is 2.00 bits per heavy atom. The maximum absolute atomic E-state index is 12.4. The molecule has 8 heteroatoms. The summed E-state index contributed by atoms with van der Waals surface area (Å²) in [6.45, 7) is 0. The first-order valence-corrected chi connectivity index (χ1v) is 3.19. The highest BCUT2D eigenvalue weighted by Crippen LogP contribution is 2.34. The summed E-state index contributed by atoms with van der Waals surface area (Å²) in [5.74, 6) is -2.68. The molecule has 0 aromatic carbocycles. The van der Waals surface area contributed by atoms with Crippen LogP contribution in [0.25, 0.3) is 0 Å². The molecule has 1 aromatic heterocycles. The maximum Gasteiger partial charge on any atom is 0.424 e. The minimum atomic E-state index is -4.99. The fraction of sp³-hybridized carbons (Fsp3) is 0.167. The molecule has 0 amide bonds. The maximum atomic E-state index is 12.4. The summed E-state index contributed by atoms with van der Waals surface area (Å²) in [7, 11) is 0. The lowest BCUT2D eigenvalue weighted by Crippen LogP contribution is -2.10. The van der Waals surface area contributed by atoms with E-state index in [2.05, 4.69) is 4.98 Å². The van der Waals surface area contributed by atoms with Crippen LogP contribution in [0.5, 0.6) is 0 Å². The highest BCUT2D eigenvalue weighted by atomic mass is 19.4. The molecule has 14 heavy (non-hydrogen) atoms.